The van der Waals surface area contributed by atoms with E-state index in [1.807, 2.05) is 75.4 Å². The Morgan fingerprint density at radius 3 is 2.55 bits per heavy atom. The molecule has 4 heterocycles. The molecule has 33 heavy (non-hydrogen) atoms. The second-order valence-corrected chi connectivity index (χ2v) is 11.8. The molecule has 1 amide bonds. The van der Waals surface area contributed by atoms with Gasteiger partial charge in [-0.15, -0.1) is 11.3 Å². The van der Waals surface area contributed by atoms with Gasteiger partial charge in [0.05, 0.1) is 15.5 Å². The van der Waals surface area contributed by atoms with E-state index in [1.54, 1.807) is 6.20 Å². The van der Waals surface area contributed by atoms with E-state index >= 15 is 0 Å². The van der Waals surface area contributed by atoms with Gasteiger partial charge in [-0.25, -0.2) is 0 Å². The van der Waals surface area contributed by atoms with Crippen molar-refractivity contribution in [3.8, 4) is 0 Å². The van der Waals surface area contributed by atoms with E-state index in [0.717, 1.165) is 19.9 Å². The number of amides is 1. The summed E-state index contributed by atoms with van der Waals surface area (Å²) < 4.78 is 6.76. The number of carbonyl (C=O) groups excluding carboxylic acids is 2. The van der Waals surface area contributed by atoms with Crippen LogP contribution in [-0.4, -0.2) is 28.5 Å². The summed E-state index contributed by atoms with van der Waals surface area (Å²) in [4.78, 5) is 33.0. The number of hydrogen-bond acceptors (Lipinski definition) is 6. The third-order valence-corrected chi connectivity index (χ3v) is 7.87. The van der Waals surface area contributed by atoms with Crippen molar-refractivity contribution in [2.24, 2.45) is 0 Å². The highest BCUT2D eigenvalue weighted by Gasteiger charge is 2.67. The van der Waals surface area contributed by atoms with Gasteiger partial charge in [0.25, 0.3) is 0 Å². The van der Waals surface area contributed by atoms with Crippen molar-refractivity contribution < 1.29 is 14.3 Å². The molecule has 4 atom stereocenters. The molecule has 8 heteroatoms. The topological polar surface area (TPSA) is 80.3 Å². The van der Waals surface area contributed by atoms with E-state index in [-0.39, 0.29) is 11.9 Å². The van der Waals surface area contributed by atoms with Gasteiger partial charge in [-0.05, 0) is 72.6 Å². The van der Waals surface area contributed by atoms with Crippen molar-refractivity contribution in [3.63, 3.8) is 0 Å². The zero-order valence-electron chi connectivity index (χ0n) is 18.5. The van der Waals surface area contributed by atoms with Crippen LogP contribution in [0.3, 0.4) is 0 Å². The number of pyridine rings is 1. The molecule has 0 radical (unpaired) electrons. The van der Waals surface area contributed by atoms with Gasteiger partial charge in [0.2, 0.25) is 5.91 Å². The van der Waals surface area contributed by atoms with Crippen molar-refractivity contribution in [2.45, 2.75) is 49.8 Å². The summed E-state index contributed by atoms with van der Waals surface area (Å²) in [6.45, 7) is 5.54. The Morgan fingerprint density at radius 2 is 1.88 bits per heavy atom. The third kappa shape index (κ3) is 3.61. The van der Waals surface area contributed by atoms with Crippen LogP contribution in [0.2, 0.25) is 0 Å². The average molecular weight is 526 g/mol. The number of anilines is 1. The van der Waals surface area contributed by atoms with E-state index in [9.17, 15) is 9.59 Å². The summed E-state index contributed by atoms with van der Waals surface area (Å²) in [6.07, 6.45) is 1.71. The maximum Gasteiger partial charge on any atom is 0.324 e. The number of para-hydroxylation sites is 1. The zero-order chi connectivity index (χ0) is 23.4. The van der Waals surface area contributed by atoms with Gasteiger partial charge in [0.1, 0.15) is 17.1 Å². The Morgan fingerprint density at radius 1 is 1.12 bits per heavy atom. The van der Waals surface area contributed by atoms with E-state index in [0.29, 0.717) is 5.69 Å². The van der Waals surface area contributed by atoms with E-state index < -0.39 is 29.0 Å². The first-order valence-corrected chi connectivity index (χ1v) is 12.4. The molecule has 5 rings (SSSR count). The van der Waals surface area contributed by atoms with Crippen molar-refractivity contribution in [2.75, 3.05) is 5.32 Å². The van der Waals surface area contributed by atoms with Crippen LogP contribution in [0.5, 0.6) is 0 Å². The van der Waals surface area contributed by atoms with Crippen LogP contribution >= 0.6 is 27.3 Å². The molecule has 1 fully saturated rings. The van der Waals surface area contributed by atoms with Crippen molar-refractivity contribution in [1.82, 2.24) is 10.3 Å². The van der Waals surface area contributed by atoms with Gasteiger partial charge in [-0.3, -0.25) is 19.9 Å². The molecule has 0 saturated carbocycles. The fourth-order valence-electron chi connectivity index (χ4n) is 5.06. The quantitative estimate of drug-likeness (QED) is 0.473. The highest BCUT2D eigenvalue weighted by Crippen LogP contribution is 2.60. The van der Waals surface area contributed by atoms with Crippen LogP contribution in [0, 0.1) is 0 Å². The maximum atomic E-state index is 13.9. The van der Waals surface area contributed by atoms with Crippen LogP contribution in [0.1, 0.15) is 48.9 Å². The molecule has 0 bridgehead atoms. The molecule has 1 aromatic carbocycles. The standard InChI is InChI=1S/C25H24BrN3O3S/c1-24(2,3)32-22(30)20-19(17-11-12-18(26)33-17)25(21(29-20)16-10-6-7-13-27-16)14-8-4-5-9-15(14)28-23(25)31/h4-13,19-21,29H,1-3H3,(H,28,31)/t19-,20+,21-,25-/m1/s1. The summed E-state index contributed by atoms with van der Waals surface area (Å²) in [6, 6.07) is 16.0. The summed E-state index contributed by atoms with van der Waals surface area (Å²) in [5.74, 6) is -1.02. The number of ether oxygens (including phenoxy) is 1. The van der Waals surface area contributed by atoms with Crippen LogP contribution in [-0.2, 0) is 19.7 Å². The highest BCUT2D eigenvalue weighted by atomic mass is 79.9. The molecule has 2 N–H and O–H groups in total. The minimum atomic E-state index is -1.07. The number of aromatic nitrogens is 1. The predicted octanol–water partition coefficient (Wildman–Crippen LogP) is 4.93. The number of benzene rings is 1. The van der Waals surface area contributed by atoms with Crippen LogP contribution in [0.25, 0.3) is 0 Å². The minimum Gasteiger partial charge on any atom is -0.459 e. The number of halogens is 1. The predicted molar refractivity (Wildman–Crippen MR) is 131 cm³/mol. The Hall–Kier alpha value is -2.55. The first kappa shape index (κ1) is 22.3. The third-order valence-electron chi connectivity index (χ3n) is 6.17. The average Bonchev–Trinajstić information content (AvgIpc) is 3.43. The molecular weight excluding hydrogens is 502 g/mol. The first-order valence-electron chi connectivity index (χ1n) is 10.8. The summed E-state index contributed by atoms with van der Waals surface area (Å²) >= 11 is 5.09. The number of nitrogens with zero attached hydrogens (tertiary/aromatic N) is 1. The monoisotopic (exact) mass is 525 g/mol. The maximum absolute atomic E-state index is 13.9. The summed E-state index contributed by atoms with van der Waals surface area (Å²) in [5.41, 5.74) is 0.591. The van der Waals surface area contributed by atoms with Crippen LogP contribution in [0.4, 0.5) is 5.69 Å². The Bertz CT molecular complexity index is 1220. The second-order valence-electron chi connectivity index (χ2n) is 9.35. The zero-order valence-corrected chi connectivity index (χ0v) is 20.9. The minimum absolute atomic E-state index is 0.146. The van der Waals surface area contributed by atoms with Crippen molar-refractivity contribution in [1.29, 1.82) is 0 Å². The van der Waals surface area contributed by atoms with Crippen LogP contribution in [0.15, 0.2) is 64.6 Å². The molecule has 0 aliphatic carbocycles. The number of thiophene rings is 1. The van der Waals surface area contributed by atoms with Gasteiger partial charge in [0, 0.05) is 22.7 Å². The van der Waals surface area contributed by atoms with Gasteiger partial charge < -0.3 is 10.1 Å². The number of nitrogens with one attached hydrogen (secondary N) is 2. The Kier molecular flexibility index (Phi) is 5.42. The fourth-order valence-corrected chi connectivity index (χ4v) is 6.70. The number of rotatable bonds is 3. The van der Waals surface area contributed by atoms with E-state index in [2.05, 4.69) is 31.5 Å². The smallest absolute Gasteiger partial charge is 0.324 e. The highest BCUT2D eigenvalue weighted by molar-refractivity contribution is 9.11. The van der Waals surface area contributed by atoms with Crippen molar-refractivity contribution in [3.05, 3.63) is 80.7 Å². The molecular formula is C25H24BrN3O3S. The lowest BCUT2D eigenvalue weighted by Gasteiger charge is -2.34. The molecule has 2 aliphatic heterocycles. The van der Waals surface area contributed by atoms with Crippen LogP contribution < -0.4 is 10.6 Å². The molecule has 2 aromatic heterocycles. The van der Waals surface area contributed by atoms with Gasteiger partial charge in [-0.1, -0.05) is 24.3 Å². The van der Waals surface area contributed by atoms with Gasteiger partial charge in [0.15, 0.2) is 0 Å². The number of fused-ring (bicyclic) bond motifs is 2. The van der Waals surface area contributed by atoms with E-state index in [1.165, 1.54) is 11.3 Å². The molecule has 2 aliphatic rings. The van der Waals surface area contributed by atoms with E-state index in [4.69, 9.17) is 4.74 Å². The van der Waals surface area contributed by atoms with Gasteiger partial charge >= 0.3 is 5.97 Å². The summed E-state index contributed by atoms with van der Waals surface area (Å²) in [5, 5.41) is 6.56. The molecule has 6 nitrogen and oxygen atoms in total. The Balaban J connectivity index is 1.77. The molecule has 0 unspecified atom stereocenters. The van der Waals surface area contributed by atoms with Gasteiger partial charge in [-0.2, -0.15) is 0 Å². The number of esters is 1. The normalized spacial score (nSPS) is 26.3. The fraction of sp³-hybridized carbons (Fsp3) is 0.320. The first-order chi connectivity index (χ1) is 15.7. The summed E-state index contributed by atoms with van der Waals surface area (Å²) in [7, 11) is 0. The Labute approximate surface area is 204 Å². The molecule has 170 valence electrons. The lowest BCUT2D eigenvalue weighted by molar-refractivity contribution is -0.157. The number of carbonyl (C=O) groups is 2. The lowest BCUT2D eigenvalue weighted by Crippen LogP contribution is -2.44. The number of hydrogen-bond donors (Lipinski definition) is 2. The molecule has 1 spiro atoms. The molecule has 1 saturated heterocycles. The largest absolute Gasteiger partial charge is 0.459 e. The molecule has 3 aromatic rings. The SMILES string of the molecule is CC(C)(C)OC(=O)[C@H]1N[C@H](c2ccccn2)[C@]2(C(=O)Nc3ccccc32)[C@@H]1c1ccc(Br)s1. The lowest BCUT2D eigenvalue weighted by atomic mass is 9.66. The van der Waals surface area contributed by atoms with Crippen molar-refractivity contribution >= 4 is 44.8 Å². The second kappa shape index (κ2) is 8.04.